The molecule has 0 N–H and O–H groups in total. The summed E-state index contributed by atoms with van der Waals surface area (Å²) in [5, 5.41) is 1.74. The van der Waals surface area contributed by atoms with Gasteiger partial charge in [0.1, 0.15) is 9.96 Å². The van der Waals surface area contributed by atoms with E-state index in [4.69, 9.17) is 4.74 Å². The Bertz CT molecular complexity index is 971. The fourth-order valence-corrected chi connectivity index (χ4v) is 6.64. The van der Waals surface area contributed by atoms with E-state index in [0.717, 1.165) is 39.0 Å². The van der Waals surface area contributed by atoms with Crippen molar-refractivity contribution in [1.29, 1.82) is 0 Å². The highest BCUT2D eigenvalue weighted by Crippen LogP contribution is 2.27. The normalized spacial score (nSPS) is 19.6. The van der Waals surface area contributed by atoms with E-state index in [9.17, 15) is 13.2 Å². The van der Waals surface area contributed by atoms with E-state index < -0.39 is 10.0 Å². The Hall–Kier alpha value is -2.10. The van der Waals surface area contributed by atoms with Crippen molar-refractivity contribution < 1.29 is 17.9 Å². The van der Waals surface area contributed by atoms with Gasteiger partial charge in [0, 0.05) is 26.2 Å². The molecule has 2 aliphatic rings. The zero-order chi connectivity index (χ0) is 21.8. The van der Waals surface area contributed by atoms with Crippen molar-refractivity contribution in [2.45, 2.75) is 35.9 Å². The predicted octanol–water partition coefficient (Wildman–Crippen LogP) is 3.04. The van der Waals surface area contributed by atoms with E-state index in [1.165, 1.54) is 35.5 Å². The molecule has 0 spiro atoms. The van der Waals surface area contributed by atoms with E-state index >= 15 is 0 Å². The smallest absolute Gasteiger partial charge is 0.273 e. The van der Waals surface area contributed by atoms with E-state index in [1.54, 1.807) is 41.8 Å². The van der Waals surface area contributed by atoms with E-state index in [0.29, 0.717) is 15.6 Å². The maximum Gasteiger partial charge on any atom is 0.273 e. The molecule has 31 heavy (non-hydrogen) atoms. The Morgan fingerprint density at radius 3 is 2.55 bits per heavy atom. The second-order valence-electron chi connectivity index (χ2n) is 8.08. The van der Waals surface area contributed by atoms with Crippen LogP contribution >= 0.6 is 11.3 Å². The number of carbonyl (C=O) groups is 1. The Morgan fingerprint density at radius 1 is 1.13 bits per heavy atom. The average Bonchev–Trinajstić information content (AvgIpc) is 3.55. The number of carbonyl (C=O) groups excluding carboxylic acids is 1. The minimum atomic E-state index is -3.57. The lowest BCUT2D eigenvalue weighted by Gasteiger charge is -2.28. The molecule has 2 aliphatic heterocycles. The molecule has 0 bridgehead atoms. The average molecular weight is 464 g/mol. The first-order chi connectivity index (χ1) is 14.9. The number of sulfonamides is 1. The van der Waals surface area contributed by atoms with Crippen LogP contribution in [0.15, 0.2) is 46.0 Å². The first kappa shape index (κ1) is 22.1. The minimum absolute atomic E-state index is 0.000814. The lowest BCUT2D eigenvalue weighted by molar-refractivity contribution is -0.134. The number of hydrogen-bond donors (Lipinski definition) is 0. The van der Waals surface area contributed by atoms with Crippen molar-refractivity contribution >= 4 is 33.0 Å². The van der Waals surface area contributed by atoms with Gasteiger partial charge in [-0.05, 0) is 74.5 Å². The molecule has 3 heterocycles. The highest BCUT2D eigenvalue weighted by molar-refractivity contribution is 7.94. The molecule has 2 saturated heterocycles. The molecule has 0 radical (unpaired) electrons. The fraction of sp³-hybridized carbons (Fsp3) is 0.500. The maximum atomic E-state index is 12.7. The number of nitrogens with zero attached hydrogens (tertiary/aromatic N) is 3. The van der Waals surface area contributed by atoms with Crippen molar-refractivity contribution in [3.8, 4) is 5.75 Å². The largest absolute Gasteiger partial charge is 0.484 e. The van der Waals surface area contributed by atoms with Crippen molar-refractivity contribution in [3.05, 3.63) is 41.8 Å². The van der Waals surface area contributed by atoms with Crippen molar-refractivity contribution in [1.82, 2.24) is 9.80 Å². The Morgan fingerprint density at radius 2 is 1.87 bits per heavy atom. The lowest BCUT2D eigenvalue weighted by atomic mass is 10.2. The van der Waals surface area contributed by atoms with E-state index in [1.807, 2.05) is 4.90 Å². The van der Waals surface area contributed by atoms with Crippen LogP contribution in [0.3, 0.4) is 0 Å². The van der Waals surface area contributed by atoms with Gasteiger partial charge in [-0.1, -0.05) is 6.07 Å². The molecule has 7 nitrogen and oxygen atoms in total. The van der Waals surface area contributed by atoms with E-state index in [-0.39, 0.29) is 18.6 Å². The first-order valence-corrected chi connectivity index (χ1v) is 13.0. The van der Waals surface area contributed by atoms with Crippen LogP contribution < -0.4 is 9.04 Å². The van der Waals surface area contributed by atoms with Gasteiger partial charge < -0.3 is 14.5 Å². The van der Waals surface area contributed by atoms with Crippen molar-refractivity contribution in [2.75, 3.05) is 44.1 Å². The van der Waals surface area contributed by atoms with Crippen LogP contribution in [-0.2, 0) is 14.8 Å². The van der Waals surface area contributed by atoms with Gasteiger partial charge in [0.2, 0.25) is 0 Å². The topological polar surface area (TPSA) is 70.2 Å². The van der Waals surface area contributed by atoms with Gasteiger partial charge >= 0.3 is 0 Å². The van der Waals surface area contributed by atoms with Gasteiger partial charge in [-0.25, -0.2) is 8.42 Å². The van der Waals surface area contributed by atoms with Crippen LogP contribution in [0.25, 0.3) is 0 Å². The number of benzene rings is 1. The summed E-state index contributed by atoms with van der Waals surface area (Å²) in [6.45, 7) is 4.03. The number of anilines is 1. The number of thiophene rings is 1. The summed E-state index contributed by atoms with van der Waals surface area (Å²) >= 11 is 1.19. The SMILES string of the molecule is CN(c1ccc(OCC(=O)N2CCCC2CN2CCCC2)cc1)S(=O)(=O)c1cccs1. The molecule has 9 heteroatoms. The minimum Gasteiger partial charge on any atom is -0.484 e. The summed E-state index contributed by atoms with van der Waals surface area (Å²) in [7, 11) is -2.04. The standard InChI is InChI=1S/C22H29N3O4S2/c1-23(31(27,28)22-7-5-15-30-22)18-8-10-20(11-9-18)29-17-21(26)25-14-4-6-19(25)16-24-12-2-3-13-24/h5,7-11,15,19H,2-4,6,12-14,16-17H2,1H3. The van der Waals surface area contributed by atoms with Gasteiger partial charge in [-0.2, -0.15) is 0 Å². The molecule has 1 unspecified atom stereocenters. The first-order valence-electron chi connectivity index (χ1n) is 10.7. The lowest BCUT2D eigenvalue weighted by Crippen LogP contribution is -2.44. The number of rotatable bonds is 8. The Balaban J connectivity index is 1.32. The summed E-state index contributed by atoms with van der Waals surface area (Å²) in [6.07, 6.45) is 4.61. The monoisotopic (exact) mass is 463 g/mol. The summed E-state index contributed by atoms with van der Waals surface area (Å²) in [4.78, 5) is 17.2. The molecule has 2 aromatic rings. The number of ether oxygens (including phenoxy) is 1. The third-order valence-electron chi connectivity index (χ3n) is 6.04. The Kier molecular flexibility index (Phi) is 6.83. The molecule has 0 aliphatic carbocycles. The molecule has 4 rings (SSSR count). The summed E-state index contributed by atoms with van der Waals surface area (Å²) in [6, 6.07) is 10.4. The zero-order valence-electron chi connectivity index (χ0n) is 17.8. The van der Waals surface area contributed by atoms with Crippen LogP contribution in [0.2, 0.25) is 0 Å². The fourth-order valence-electron chi connectivity index (χ4n) is 4.28. The van der Waals surface area contributed by atoms with Crippen LogP contribution in [0.1, 0.15) is 25.7 Å². The van der Waals surface area contributed by atoms with Gasteiger partial charge in [0.15, 0.2) is 6.61 Å². The molecular weight excluding hydrogens is 434 g/mol. The highest BCUT2D eigenvalue weighted by atomic mass is 32.2. The molecule has 1 amide bonds. The van der Waals surface area contributed by atoms with E-state index in [2.05, 4.69) is 4.90 Å². The van der Waals surface area contributed by atoms with Gasteiger partial charge in [0.25, 0.3) is 15.9 Å². The molecule has 168 valence electrons. The van der Waals surface area contributed by atoms with Crippen LogP contribution in [0.4, 0.5) is 5.69 Å². The molecular formula is C22H29N3O4S2. The number of hydrogen-bond acceptors (Lipinski definition) is 6. The van der Waals surface area contributed by atoms with Crippen LogP contribution in [0.5, 0.6) is 5.75 Å². The second kappa shape index (κ2) is 9.58. The van der Waals surface area contributed by atoms with Crippen LogP contribution in [-0.4, -0.2) is 70.0 Å². The maximum absolute atomic E-state index is 12.7. The summed E-state index contributed by atoms with van der Waals surface area (Å²) < 4.78 is 32.6. The van der Waals surface area contributed by atoms with Crippen molar-refractivity contribution in [3.63, 3.8) is 0 Å². The summed E-state index contributed by atoms with van der Waals surface area (Å²) in [5.74, 6) is 0.567. The third kappa shape index (κ3) is 5.05. The predicted molar refractivity (Wildman–Crippen MR) is 122 cm³/mol. The van der Waals surface area contributed by atoms with Crippen molar-refractivity contribution in [2.24, 2.45) is 0 Å². The highest BCUT2D eigenvalue weighted by Gasteiger charge is 2.31. The molecule has 2 fully saturated rings. The quantitative estimate of drug-likeness (QED) is 0.602. The van der Waals surface area contributed by atoms with Gasteiger partial charge in [0.05, 0.1) is 5.69 Å². The molecule has 1 aromatic heterocycles. The van der Waals surface area contributed by atoms with Crippen LogP contribution in [0, 0.1) is 0 Å². The third-order valence-corrected chi connectivity index (χ3v) is 9.20. The number of likely N-dealkylation sites (tertiary alicyclic amines) is 2. The number of amides is 1. The Labute approximate surface area is 188 Å². The summed E-state index contributed by atoms with van der Waals surface area (Å²) in [5.41, 5.74) is 0.539. The second-order valence-corrected chi connectivity index (χ2v) is 11.2. The van der Waals surface area contributed by atoms with Gasteiger partial charge in [-0.15, -0.1) is 11.3 Å². The molecule has 0 saturated carbocycles. The van der Waals surface area contributed by atoms with Gasteiger partial charge in [-0.3, -0.25) is 9.10 Å². The molecule has 1 aromatic carbocycles. The zero-order valence-corrected chi connectivity index (χ0v) is 19.4. The molecule has 1 atom stereocenters.